The van der Waals surface area contributed by atoms with Crippen molar-refractivity contribution in [1.82, 2.24) is 0 Å². The highest BCUT2D eigenvalue weighted by Gasteiger charge is 2.23. The van der Waals surface area contributed by atoms with E-state index in [4.69, 9.17) is 11.6 Å². The summed E-state index contributed by atoms with van der Waals surface area (Å²) in [6.07, 6.45) is 0. The Morgan fingerprint density at radius 3 is 2.00 bits per heavy atom. The molecule has 196 valence electrons. The molecule has 0 heterocycles. The summed E-state index contributed by atoms with van der Waals surface area (Å²) < 4.78 is 0. The van der Waals surface area contributed by atoms with Gasteiger partial charge in [0.05, 0.1) is 21.7 Å². The van der Waals surface area contributed by atoms with E-state index >= 15 is 0 Å². The standard InChI is InChI=1S/C29H21ClN2O6S/c30-24-14-13-19(16-23(24)29(37)38)32-27(34)25(17-7-2-1-3-8-17)39-20-10-6-9-18(15-20)31-26(33)21-11-4-5-12-22(21)28(35)36/h1-16,25H,(H,31,33)(H,32,34)(H,35,36)(H,37,38). The summed E-state index contributed by atoms with van der Waals surface area (Å²) in [5.74, 6) is -3.40. The van der Waals surface area contributed by atoms with Crippen molar-refractivity contribution in [1.29, 1.82) is 0 Å². The third-order valence-corrected chi connectivity index (χ3v) is 7.13. The first-order chi connectivity index (χ1) is 18.7. The highest BCUT2D eigenvalue weighted by atomic mass is 35.5. The van der Waals surface area contributed by atoms with Gasteiger partial charge in [-0.3, -0.25) is 9.59 Å². The number of carboxylic acid groups (broad SMARTS) is 2. The Morgan fingerprint density at radius 2 is 1.31 bits per heavy atom. The zero-order chi connectivity index (χ0) is 27.9. The van der Waals surface area contributed by atoms with Gasteiger partial charge in [-0.1, -0.05) is 60.1 Å². The van der Waals surface area contributed by atoms with E-state index < -0.39 is 29.0 Å². The van der Waals surface area contributed by atoms with E-state index in [1.54, 1.807) is 60.7 Å². The van der Waals surface area contributed by atoms with Crippen LogP contribution in [0.2, 0.25) is 5.02 Å². The zero-order valence-electron chi connectivity index (χ0n) is 20.1. The van der Waals surface area contributed by atoms with Gasteiger partial charge in [0.15, 0.2) is 0 Å². The molecule has 0 aliphatic rings. The minimum absolute atomic E-state index is 0.0216. The topological polar surface area (TPSA) is 133 Å². The number of nitrogens with one attached hydrogen (secondary N) is 2. The van der Waals surface area contributed by atoms with Crippen LogP contribution in [0.5, 0.6) is 0 Å². The van der Waals surface area contributed by atoms with Crippen LogP contribution in [-0.2, 0) is 4.79 Å². The zero-order valence-corrected chi connectivity index (χ0v) is 21.7. The summed E-state index contributed by atoms with van der Waals surface area (Å²) in [6.45, 7) is 0. The van der Waals surface area contributed by atoms with Crippen LogP contribution >= 0.6 is 23.4 Å². The summed E-state index contributed by atoms with van der Waals surface area (Å²) in [5.41, 5.74) is 1.18. The van der Waals surface area contributed by atoms with Gasteiger partial charge in [0.2, 0.25) is 5.91 Å². The number of thioether (sulfide) groups is 1. The van der Waals surface area contributed by atoms with Gasteiger partial charge >= 0.3 is 11.9 Å². The molecule has 0 saturated heterocycles. The van der Waals surface area contributed by atoms with Crippen LogP contribution in [0, 0.1) is 0 Å². The maximum absolute atomic E-state index is 13.4. The molecule has 4 aromatic rings. The number of carbonyl (C=O) groups excluding carboxylic acids is 2. The number of hydrogen-bond acceptors (Lipinski definition) is 5. The van der Waals surface area contributed by atoms with E-state index in [0.29, 0.717) is 16.1 Å². The number of benzene rings is 4. The predicted molar refractivity (Wildman–Crippen MR) is 150 cm³/mol. The Balaban J connectivity index is 1.57. The predicted octanol–water partition coefficient (Wildman–Crippen LogP) is 6.46. The molecule has 0 radical (unpaired) electrons. The number of halogens is 1. The first-order valence-corrected chi connectivity index (χ1v) is 12.8. The summed E-state index contributed by atoms with van der Waals surface area (Å²) in [4.78, 5) is 49.8. The van der Waals surface area contributed by atoms with Gasteiger partial charge in [0, 0.05) is 16.3 Å². The summed E-state index contributed by atoms with van der Waals surface area (Å²) >= 11 is 7.18. The maximum Gasteiger partial charge on any atom is 0.337 e. The van der Waals surface area contributed by atoms with Crippen molar-refractivity contribution >= 4 is 58.5 Å². The maximum atomic E-state index is 13.4. The van der Waals surface area contributed by atoms with Gasteiger partial charge in [0.1, 0.15) is 5.25 Å². The number of carboxylic acids is 2. The van der Waals surface area contributed by atoms with E-state index in [-0.39, 0.29) is 27.4 Å². The van der Waals surface area contributed by atoms with E-state index in [2.05, 4.69) is 10.6 Å². The fourth-order valence-electron chi connectivity index (χ4n) is 3.72. The van der Waals surface area contributed by atoms with Crippen molar-refractivity contribution in [3.8, 4) is 0 Å². The molecule has 10 heteroatoms. The highest BCUT2D eigenvalue weighted by Crippen LogP contribution is 2.37. The van der Waals surface area contributed by atoms with Gasteiger partial charge in [0.25, 0.3) is 5.91 Å². The number of carbonyl (C=O) groups is 4. The normalized spacial score (nSPS) is 11.3. The lowest BCUT2D eigenvalue weighted by molar-refractivity contribution is -0.115. The van der Waals surface area contributed by atoms with Crippen LogP contribution in [0.25, 0.3) is 0 Å². The second-order valence-electron chi connectivity index (χ2n) is 8.23. The van der Waals surface area contributed by atoms with Crippen molar-refractivity contribution in [2.75, 3.05) is 10.6 Å². The van der Waals surface area contributed by atoms with Gasteiger partial charge in [-0.2, -0.15) is 0 Å². The Morgan fingerprint density at radius 1 is 0.667 bits per heavy atom. The molecule has 4 rings (SSSR count). The average Bonchev–Trinajstić information content (AvgIpc) is 2.93. The number of aromatic carboxylic acids is 2. The average molecular weight is 561 g/mol. The number of amides is 2. The van der Waals surface area contributed by atoms with Crippen LogP contribution in [0.15, 0.2) is 102 Å². The Kier molecular flexibility index (Phi) is 8.65. The molecule has 4 aromatic carbocycles. The fraction of sp³-hybridized carbons (Fsp3) is 0.0345. The monoisotopic (exact) mass is 560 g/mol. The number of anilines is 2. The molecule has 2 amide bonds. The summed E-state index contributed by atoms with van der Waals surface area (Å²) in [6, 6.07) is 26.0. The Hall–Kier alpha value is -4.60. The minimum atomic E-state index is -1.21. The second kappa shape index (κ2) is 12.3. The van der Waals surface area contributed by atoms with Crippen molar-refractivity contribution in [3.05, 3.63) is 124 Å². The Bertz CT molecular complexity index is 1560. The molecular weight excluding hydrogens is 540 g/mol. The molecule has 0 aliphatic carbocycles. The lowest BCUT2D eigenvalue weighted by atomic mass is 10.1. The van der Waals surface area contributed by atoms with Gasteiger partial charge in [-0.05, 0) is 54.1 Å². The van der Waals surface area contributed by atoms with Crippen molar-refractivity contribution in [2.45, 2.75) is 10.1 Å². The van der Waals surface area contributed by atoms with Crippen molar-refractivity contribution in [3.63, 3.8) is 0 Å². The molecule has 0 saturated carbocycles. The Labute approximate surface area is 232 Å². The molecule has 0 aromatic heterocycles. The fourth-order valence-corrected chi connectivity index (χ4v) is 5.01. The molecule has 0 spiro atoms. The SMILES string of the molecule is O=C(O)c1cc(NC(=O)C(Sc2cccc(NC(=O)c3ccccc3C(=O)O)c2)c2ccccc2)ccc1Cl. The molecular formula is C29H21ClN2O6S. The largest absolute Gasteiger partial charge is 0.478 e. The lowest BCUT2D eigenvalue weighted by Gasteiger charge is -2.18. The van der Waals surface area contributed by atoms with Gasteiger partial charge in [-0.25, -0.2) is 9.59 Å². The minimum Gasteiger partial charge on any atom is -0.478 e. The van der Waals surface area contributed by atoms with Crippen LogP contribution in [0.4, 0.5) is 11.4 Å². The van der Waals surface area contributed by atoms with E-state index in [1.165, 1.54) is 42.1 Å². The van der Waals surface area contributed by atoms with Crippen molar-refractivity contribution in [2.24, 2.45) is 0 Å². The molecule has 1 atom stereocenters. The van der Waals surface area contributed by atoms with Crippen LogP contribution < -0.4 is 10.6 Å². The third-order valence-electron chi connectivity index (χ3n) is 5.55. The molecule has 8 nitrogen and oxygen atoms in total. The summed E-state index contributed by atoms with van der Waals surface area (Å²) in [7, 11) is 0. The number of hydrogen-bond donors (Lipinski definition) is 4. The van der Waals surface area contributed by atoms with E-state index in [9.17, 15) is 29.4 Å². The highest BCUT2D eigenvalue weighted by molar-refractivity contribution is 8.00. The molecule has 0 bridgehead atoms. The van der Waals surface area contributed by atoms with Crippen LogP contribution in [0.1, 0.15) is 41.9 Å². The second-order valence-corrected chi connectivity index (χ2v) is 9.82. The molecule has 0 fully saturated rings. The van der Waals surface area contributed by atoms with Crippen LogP contribution in [0.3, 0.4) is 0 Å². The summed E-state index contributed by atoms with van der Waals surface area (Å²) in [5, 5.41) is 23.5. The van der Waals surface area contributed by atoms with Gasteiger partial charge in [-0.15, -0.1) is 11.8 Å². The third kappa shape index (κ3) is 6.84. The van der Waals surface area contributed by atoms with Crippen molar-refractivity contribution < 1.29 is 29.4 Å². The first kappa shape index (κ1) is 27.4. The lowest BCUT2D eigenvalue weighted by Crippen LogP contribution is -2.19. The smallest absolute Gasteiger partial charge is 0.337 e. The number of rotatable bonds is 9. The van der Waals surface area contributed by atoms with Crippen LogP contribution in [-0.4, -0.2) is 34.0 Å². The molecule has 39 heavy (non-hydrogen) atoms. The quantitative estimate of drug-likeness (QED) is 0.173. The molecule has 1 unspecified atom stereocenters. The van der Waals surface area contributed by atoms with E-state index in [0.717, 1.165) is 0 Å². The molecule has 4 N–H and O–H groups in total. The van der Waals surface area contributed by atoms with Gasteiger partial charge < -0.3 is 20.8 Å². The van der Waals surface area contributed by atoms with E-state index in [1.807, 2.05) is 6.07 Å². The molecule has 0 aliphatic heterocycles. The first-order valence-electron chi connectivity index (χ1n) is 11.5.